The SMILES string of the molecule is Cc1ccc(/C2=N/C(c3ccccc3)=N\C(c3ccc4c(c3)C3(c5ccccc5Sc5ccccc53)c3ccccc3-4)C(C)CC2)c(C)n1. The Bertz CT molecular complexity index is 2270. The Morgan fingerprint density at radius 3 is 2.00 bits per heavy atom. The molecule has 5 aromatic carbocycles. The first-order valence-corrected chi connectivity index (χ1v) is 18.1. The maximum atomic E-state index is 5.58. The van der Waals surface area contributed by atoms with Gasteiger partial charge in [0.15, 0.2) is 5.84 Å². The number of aliphatic imine (C=N–C) groups is 2. The zero-order chi connectivity index (χ0) is 33.1. The van der Waals surface area contributed by atoms with Gasteiger partial charge in [-0.3, -0.25) is 9.98 Å². The normalized spacial score (nSPS) is 20.8. The predicted molar refractivity (Wildman–Crippen MR) is 202 cm³/mol. The summed E-state index contributed by atoms with van der Waals surface area (Å²) in [6, 6.07) is 48.9. The van der Waals surface area contributed by atoms with Crippen molar-refractivity contribution in [1.29, 1.82) is 0 Å². The fraction of sp³-hybridized carbons (Fsp3) is 0.178. The molecule has 0 N–H and O–H groups in total. The molecule has 0 saturated carbocycles. The van der Waals surface area contributed by atoms with Crippen molar-refractivity contribution in [2.24, 2.45) is 15.9 Å². The fourth-order valence-electron chi connectivity index (χ4n) is 8.37. The van der Waals surface area contributed by atoms with E-state index < -0.39 is 5.41 Å². The summed E-state index contributed by atoms with van der Waals surface area (Å²) in [5.74, 6) is 1.08. The van der Waals surface area contributed by atoms with Crippen molar-refractivity contribution in [3.63, 3.8) is 0 Å². The van der Waals surface area contributed by atoms with Gasteiger partial charge in [-0.25, -0.2) is 4.99 Å². The molecule has 1 aromatic heterocycles. The van der Waals surface area contributed by atoms with Crippen molar-refractivity contribution in [2.45, 2.75) is 54.9 Å². The highest BCUT2D eigenvalue weighted by atomic mass is 32.2. The first-order valence-electron chi connectivity index (χ1n) is 17.3. The van der Waals surface area contributed by atoms with Gasteiger partial charge in [0, 0.05) is 32.3 Å². The minimum Gasteiger partial charge on any atom is -0.258 e. The van der Waals surface area contributed by atoms with Gasteiger partial charge in [-0.1, -0.05) is 128 Å². The Balaban J connectivity index is 1.27. The average Bonchev–Trinajstić information content (AvgIpc) is 3.41. The molecule has 3 nitrogen and oxygen atoms in total. The van der Waals surface area contributed by atoms with E-state index >= 15 is 0 Å². The first kappa shape index (κ1) is 30.0. The average molecular weight is 652 g/mol. The molecule has 4 heteroatoms. The van der Waals surface area contributed by atoms with Crippen LogP contribution in [0.5, 0.6) is 0 Å². The summed E-state index contributed by atoms with van der Waals surface area (Å²) < 4.78 is 0. The number of nitrogens with zero attached hydrogens (tertiary/aromatic N) is 3. The molecule has 3 heterocycles. The van der Waals surface area contributed by atoms with E-state index in [1.165, 1.54) is 48.7 Å². The van der Waals surface area contributed by atoms with Crippen LogP contribution in [0, 0.1) is 19.8 Å². The lowest BCUT2D eigenvalue weighted by atomic mass is 9.67. The van der Waals surface area contributed by atoms with Crippen LogP contribution in [0.2, 0.25) is 0 Å². The van der Waals surface area contributed by atoms with Crippen LogP contribution in [0.4, 0.5) is 0 Å². The number of aromatic nitrogens is 1. The summed E-state index contributed by atoms with van der Waals surface area (Å²) in [7, 11) is 0. The molecule has 2 unspecified atom stereocenters. The van der Waals surface area contributed by atoms with Crippen molar-refractivity contribution in [3.05, 3.63) is 184 Å². The predicted octanol–water partition coefficient (Wildman–Crippen LogP) is 10.9. The Morgan fingerprint density at radius 1 is 0.633 bits per heavy atom. The molecule has 3 aliphatic rings. The molecule has 0 amide bonds. The molecule has 2 atom stereocenters. The molecule has 2 aliphatic heterocycles. The van der Waals surface area contributed by atoms with Crippen LogP contribution in [-0.4, -0.2) is 16.5 Å². The van der Waals surface area contributed by atoms with Crippen molar-refractivity contribution in [2.75, 3.05) is 0 Å². The highest BCUT2D eigenvalue weighted by Gasteiger charge is 2.50. The lowest BCUT2D eigenvalue weighted by Gasteiger charge is -2.40. The molecule has 0 fully saturated rings. The number of fused-ring (bicyclic) bond motifs is 9. The van der Waals surface area contributed by atoms with Crippen LogP contribution in [-0.2, 0) is 5.41 Å². The van der Waals surface area contributed by atoms with Gasteiger partial charge < -0.3 is 0 Å². The molecule has 9 rings (SSSR count). The molecular weight excluding hydrogens is 615 g/mol. The van der Waals surface area contributed by atoms with Crippen molar-refractivity contribution < 1.29 is 0 Å². The monoisotopic (exact) mass is 651 g/mol. The van der Waals surface area contributed by atoms with Crippen LogP contribution in [0.25, 0.3) is 11.1 Å². The van der Waals surface area contributed by atoms with E-state index in [4.69, 9.17) is 15.0 Å². The Morgan fingerprint density at radius 2 is 1.27 bits per heavy atom. The molecular formula is C45H37N3S. The van der Waals surface area contributed by atoms with Crippen LogP contribution in [0.1, 0.15) is 76.1 Å². The number of hydrogen-bond acceptors (Lipinski definition) is 4. The molecule has 0 bridgehead atoms. The second kappa shape index (κ2) is 11.8. The van der Waals surface area contributed by atoms with Gasteiger partial charge in [0.1, 0.15) is 0 Å². The van der Waals surface area contributed by atoms with Crippen LogP contribution in [0.15, 0.2) is 153 Å². The minimum atomic E-state index is -0.404. The summed E-state index contributed by atoms with van der Waals surface area (Å²) in [6.45, 7) is 6.50. The number of hydrogen-bond donors (Lipinski definition) is 0. The smallest absolute Gasteiger partial charge is 0.155 e. The summed E-state index contributed by atoms with van der Waals surface area (Å²) in [5.41, 5.74) is 14.1. The number of pyridine rings is 1. The summed E-state index contributed by atoms with van der Waals surface area (Å²) in [5, 5.41) is 0. The lowest BCUT2D eigenvalue weighted by Crippen LogP contribution is -2.32. The van der Waals surface area contributed by atoms with E-state index in [-0.39, 0.29) is 6.04 Å². The number of benzene rings is 5. The molecule has 0 radical (unpaired) electrons. The van der Waals surface area contributed by atoms with Gasteiger partial charge in [-0.05, 0) is 95.8 Å². The van der Waals surface area contributed by atoms with E-state index in [9.17, 15) is 0 Å². The lowest BCUT2D eigenvalue weighted by molar-refractivity contribution is 0.446. The van der Waals surface area contributed by atoms with Gasteiger partial charge >= 0.3 is 0 Å². The zero-order valence-corrected chi connectivity index (χ0v) is 28.8. The highest BCUT2D eigenvalue weighted by molar-refractivity contribution is 7.99. The second-order valence-corrected chi connectivity index (χ2v) is 14.7. The fourth-order valence-corrected chi connectivity index (χ4v) is 9.56. The van der Waals surface area contributed by atoms with E-state index in [2.05, 4.69) is 147 Å². The molecule has 6 aromatic rings. The third kappa shape index (κ3) is 4.76. The summed E-state index contributed by atoms with van der Waals surface area (Å²) >= 11 is 1.89. The van der Waals surface area contributed by atoms with Gasteiger partial charge in [0.2, 0.25) is 0 Å². The summed E-state index contributed by atoms with van der Waals surface area (Å²) in [6.07, 6.45) is 1.85. The van der Waals surface area contributed by atoms with Gasteiger partial charge in [-0.2, -0.15) is 0 Å². The first-order chi connectivity index (χ1) is 24.0. The maximum absolute atomic E-state index is 5.58. The van der Waals surface area contributed by atoms with Crippen molar-refractivity contribution >= 4 is 23.3 Å². The molecule has 238 valence electrons. The number of aryl methyl sites for hydroxylation is 2. The number of rotatable bonds is 3. The van der Waals surface area contributed by atoms with Crippen molar-refractivity contribution in [1.82, 2.24) is 4.98 Å². The van der Waals surface area contributed by atoms with Crippen LogP contribution in [0.3, 0.4) is 0 Å². The Kier molecular flexibility index (Phi) is 7.24. The van der Waals surface area contributed by atoms with Crippen LogP contribution < -0.4 is 0 Å². The highest BCUT2D eigenvalue weighted by Crippen LogP contribution is 2.62. The third-order valence-electron chi connectivity index (χ3n) is 10.7. The topological polar surface area (TPSA) is 37.6 Å². The maximum Gasteiger partial charge on any atom is 0.155 e. The van der Waals surface area contributed by atoms with E-state index in [1.807, 2.05) is 18.7 Å². The number of amidine groups is 1. The van der Waals surface area contributed by atoms with Gasteiger partial charge in [0.25, 0.3) is 0 Å². The Hall–Kier alpha value is -5.06. The quantitative estimate of drug-likeness (QED) is 0.191. The largest absolute Gasteiger partial charge is 0.258 e. The molecule has 49 heavy (non-hydrogen) atoms. The molecule has 1 aliphatic carbocycles. The van der Waals surface area contributed by atoms with Gasteiger partial charge in [-0.15, -0.1) is 0 Å². The minimum absolute atomic E-state index is 0.0488. The van der Waals surface area contributed by atoms with E-state index in [1.54, 1.807) is 0 Å². The third-order valence-corrected chi connectivity index (χ3v) is 11.8. The van der Waals surface area contributed by atoms with E-state index in [0.717, 1.165) is 46.9 Å². The Labute approximate surface area is 292 Å². The molecule has 0 saturated heterocycles. The summed E-state index contributed by atoms with van der Waals surface area (Å²) in [4.78, 5) is 18.4. The van der Waals surface area contributed by atoms with Gasteiger partial charge in [0.05, 0.1) is 17.2 Å². The second-order valence-electron chi connectivity index (χ2n) is 13.6. The zero-order valence-electron chi connectivity index (χ0n) is 28.0. The van der Waals surface area contributed by atoms with E-state index in [0.29, 0.717) is 5.92 Å². The standard InChI is InChI=1S/C45H37N3S/c1-28-21-26-40(33-24-22-29(2)46-30(33)3)47-44(31-13-5-4-6-14-31)48-43(28)32-23-25-35-34-15-7-8-16-36(34)45(39(35)27-32)37-17-9-11-19-41(37)49-42-20-12-10-18-38(42)45/h4-20,22-25,27-28,43H,21,26H2,1-3H3/b47-40+,48-44-. The van der Waals surface area contributed by atoms with Crippen molar-refractivity contribution in [3.8, 4) is 11.1 Å². The molecule has 1 spiro atoms. The van der Waals surface area contributed by atoms with Crippen LogP contribution >= 0.6 is 11.8 Å².